The first-order valence-electron chi connectivity index (χ1n) is 15.2. The molecule has 0 rings (SSSR count). The van der Waals surface area contributed by atoms with Crippen molar-refractivity contribution in [2.75, 3.05) is 11.5 Å². The number of hydrogen-bond donors (Lipinski definition) is 2. The molecule has 0 bridgehead atoms. The van der Waals surface area contributed by atoms with E-state index in [1.807, 2.05) is 0 Å². The lowest BCUT2D eigenvalue weighted by Gasteiger charge is -2.05. The topological polar surface area (TPSA) is 57.5 Å². The lowest BCUT2D eigenvalue weighted by atomic mass is 10.0. The highest BCUT2D eigenvalue weighted by molar-refractivity contribution is 9.09. The van der Waals surface area contributed by atoms with Crippen LogP contribution in [-0.2, 0) is 4.57 Å². The minimum atomic E-state index is -3.77. The molecule has 0 heterocycles. The third kappa shape index (κ3) is 32.6. The zero-order chi connectivity index (χ0) is 25.0. The molecule has 0 unspecified atom stereocenters. The highest BCUT2D eigenvalue weighted by atomic mass is 79.9. The third-order valence-corrected chi connectivity index (χ3v) is 8.54. The van der Waals surface area contributed by atoms with Crippen molar-refractivity contribution in [1.29, 1.82) is 0 Å². The second-order valence-electron chi connectivity index (χ2n) is 10.6. The summed E-state index contributed by atoms with van der Waals surface area (Å²) in [5, 5.41) is 1.17. The first kappa shape index (κ1) is 34.6. The van der Waals surface area contributed by atoms with Gasteiger partial charge in [0.1, 0.15) is 0 Å². The number of halogens is 1. The Bertz CT molecular complexity index is 428. The van der Waals surface area contributed by atoms with Gasteiger partial charge in [-0.1, -0.05) is 176 Å². The Kier molecular flexibility index (Phi) is 28.7. The van der Waals surface area contributed by atoms with E-state index < -0.39 is 7.60 Å². The normalized spacial score (nSPS) is 12.0. The van der Waals surface area contributed by atoms with Gasteiger partial charge in [-0.25, -0.2) is 0 Å². The first-order chi connectivity index (χ1) is 16.6. The van der Waals surface area contributed by atoms with Crippen molar-refractivity contribution in [3.8, 4) is 0 Å². The quantitative estimate of drug-likeness (QED) is 0.0537. The summed E-state index contributed by atoms with van der Waals surface area (Å²) in [6, 6.07) is 0. The van der Waals surface area contributed by atoms with E-state index in [0.29, 0.717) is 6.42 Å². The molecule has 0 spiro atoms. The van der Waals surface area contributed by atoms with Gasteiger partial charge >= 0.3 is 7.60 Å². The molecule has 0 aromatic heterocycles. The van der Waals surface area contributed by atoms with E-state index in [4.69, 9.17) is 9.79 Å². The van der Waals surface area contributed by atoms with Crippen LogP contribution in [0.5, 0.6) is 0 Å². The van der Waals surface area contributed by atoms with Crippen LogP contribution in [0.25, 0.3) is 0 Å². The third-order valence-electron chi connectivity index (χ3n) is 7.08. The van der Waals surface area contributed by atoms with E-state index in [2.05, 4.69) is 15.9 Å². The minimum Gasteiger partial charge on any atom is -0.324 e. The van der Waals surface area contributed by atoms with Crippen LogP contribution in [0.2, 0.25) is 0 Å². The van der Waals surface area contributed by atoms with Gasteiger partial charge in [-0.3, -0.25) is 4.57 Å². The monoisotopic (exact) mass is 566 g/mol. The molecule has 34 heavy (non-hydrogen) atoms. The Labute approximate surface area is 222 Å². The van der Waals surface area contributed by atoms with Crippen molar-refractivity contribution in [3.05, 3.63) is 0 Å². The predicted octanol–water partition coefficient (Wildman–Crippen LogP) is 11.1. The molecule has 0 radical (unpaired) electrons. The molecular weight excluding hydrogens is 507 g/mol. The first-order valence-corrected chi connectivity index (χ1v) is 18.1. The second-order valence-corrected chi connectivity index (χ2v) is 13.2. The van der Waals surface area contributed by atoms with Gasteiger partial charge in [0, 0.05) is 11.5 Å². The summed E-state index contributed by atoms with van der Waals surface area (Å²) in [5.74, 6) is 0. The van der Waals surface area contributed by atoms with Crippen LogP contribution in [0.15, 0.2) is 0 Å². The van der Waals surface area contributed by atoms with Gasteiger partial charge in [0.05, 0.1) is 0 Å². The average molecular weight is 568 g/mol. The Morgan fingerprint density at radius 2 is 0.529 bits per heavy atom. The number of hydrogen-bond acceptors (Lipinski definition) is 1. The highest BCUT2D eigenvalue weighted by Gasteiger charge is 2.10. The van der Waals surface area contributed by atoms with Crippen LogP contribution >= 0.6 is 23.5 Å². The van der Waals surface area contributed by atoms with Crippen LogP contribution in [0.4, 0.5) is 0 Å². The molecule has 0 amide bonds. The smallest absolute Gasteiger partial charge is 0.324 e. The van der Waals surface area contributed by atoms with Crippen molar-refractivity contribution in [1.82, 2.24) is 0 Å². The maximum absolute atomic E-state index is 10.8. The van der Waals surface area contributed by atoms with E-state index in [1.165, 1.54) is 159 Å². The predicted molar refractivity (Wildman–Crippen MR) is 155 cm³/mol. The maximum Gasteiger partial charge on any atom is 0.325 e. The summed E-state index contributed by atoms with van der Waals surface area (Å²) in [7, 11) is -3.77. The summed E-state index contributed by atoms with van der Waals surface area (Å²) in [4.78, 5) is 17.7. The van der Waals surface area contributed by atoms with Crippen LogP contribution in [-0.4, -0.2) is 21.3 Å². The van der Waals surface area contributed by atoms with Gasteiger partial charge in [-0.2, -0.15) is 0 Å². The summed E-state index contributed by atoms with van der Waals surface area (Å²) in [6.45, 7) is 0. The van der Waals surface area contributed by atoms with E-state index in [0.717, 1.165) is 12.8 Å². The van der Waals surface area contributed by atoms with Gasteiger partial charge in [-0.05, 0) is 12.8 Å². The molecular formula is C29H60BrO3P. The zero-order valence-electron chi connectivity index (χ0n) is 22.6. The molecule has 2 N–H and O–H groups in total. The molecule has 0 aromatic rings. The number of unbranched alkanes of at least 4 members (excludes halogenated alkanes) is 26. The highest BCUT2D eigenvalue weighted by Crippen LogP contribution is 2.35. The molecule has 0 fully saturated rings. The fourth-order valence-electron chi connectivity index (χ4n) is 4.83. The van der Waals surface area contributed by atoms with E-state index >= 15 is 0 Å². The van der Waals surface area contributed by atoms with Crippen molar-refractivity contribution in [3.63, 3.8) is 0 Å². The molecule has 0 saturated heterocycles. The lowest BCUT2D eigenvalue weighted by molar-refractivity contribution is 0.370. The number of alkyl halides is 1. The molecule has 0 aliphatic heterocycles. The Morgan fingerprint density at radius 3 is 0.706 bits per heavy atom. The van der Waals surface area contributed by atoms with Crippen LogP contribution in [0.3, 0.4) is 0 Å². The summed E-state index contributed by atoms with van der Waals surface area (Å²) in [5.41, 5.74) is 0. The molecule has 0 atom stereocenters. The minimum absolute atomic E-state index is 0.0611. The lowest BCUT2D eigenvalue weighted by Crippen LogP contribution is -1.88. The Morgan fingerprint density at radius 1 is 0.353 bits per heavy atom. The fraction of sp³-hybridized carbons (Fsp3) is 1.00. The Balaban J connectivity index is 3.03. The molecule has 0 aliphatic carbocycles. The molecule has 0 aromatic carbocycles. The summed E-state index contributed by atoms with van der Waals surface area (Å²) < 4.78 is 10.8. The van der Waals surface area contributed by atoms with Crippen LogP contribution < -0.4 is 0 Å². The van der Waals surface area contributed by atoms with Gasteiger partial charge in [-0.15, -0.1) is 0 Å². The standard InChI is InChI=1S/C29H60BrO3P/c30-28-26-24-22-20-18-16-14-12-10-8-6-4-2-1-3-5-7-9-11-13-15-17-19-21-23-25-27-29-34(31,32)33/h1-29H2,(H2,31,32,33). The molecule has 0 saturated carbocycles. The second kappa shape index (κ2) is 28.2. The number of rotatable bonds is 29. The summed E-state index contributed by atoms with van der Waals surface area (Å²) in [6.07, 6.45) is 36.7. The summed E-state index contributed by atoms with van der Waals surface area (Å²) >= 11 is 3.51. The SMILES string of the molecule is O=P(O)(O)CCCCCCCCCCCCCCCCCCCCCCCCCCCCCBr. The van der Waals surface area contributed by atoms with Gasteiger partial charge < -0.3 is 9.79 Å². The largest absolute Gasteiger partial charge is 0.325 e. The van der Waals surface area contributed by atoms with E-state index in [9.17, 15) is 4.57 Å². The van der Waals surface area contributed by atoms with Crippen molar-refractivity contribution >= 4 is 23.5 Å². The van der Waals surface area contributed by atoms with Crippen molar-refractivity contribution in [2.24, 2.45) is 0 Å². The van der Waals surface area contributed by atoms with E-state index in [-0.39, 0.29) is 6.16 Å². The Hall–Kier alpha value is 0.630. The van der Waals surface area contributed by atoms with E-state index in [1.54, 1.807) is 0 Å². The fourth-order valence-corrected chi connectivity index (χ4v) is 5.86. The maximum atomic E-state index is 10.8. The zero-order valence-corrected chi connectivity index (χ0v) is 25.1. The van der Waals surface area contributed by atoms with Gasteiger partial charge in [0.2, 0.25) is 0 Å². The molecule has 0 aliphatic rings. The molecule has 3 nitrogen and oxygen atoms in total. The van der Waals surface area contributed by atoms with Crippen LogP contribution in [0, 0.1) is 0 Å². The van der Waals surface area contributed by atoms with Gasteiger partial charge in [0.15, 0.2) is 0 Å². The molecule has 206 valence electrons. The van der Waals surface area contributed by atoms with Crippen molar-refractivity contribution < 1.29 is 14.4 Å². The van der Waals surface area contributed by atoms with Crippen molar-refractivity contribution in [2.45, 2.75) is 173 Å². The average Bonchev–Trinajstić information content (AvgIpc) is 2.80. The van der Waals surface area contributed by atoms with Crippen LogP contribution in [0.1, 0.15) is 173 Å². The molecule has 5 heteroatoms. The van der Waals surface area contributed by atoms with Gasteiger partial charge in [0.25, 0.3) is 0 Å².